The van der Waals surface area contributed by atoms with E-state index in [0.29, 0.717) is 40.9 Å². The van der Waals surface area contributed by atoms with Crippen LogP contribution in [-0.4, -0.2) is 58.5 Å². The Morgan fingerprint density at radius 3 is 2.44 bits per heavy atom. The van der Waals surface area contributed by atoms with Crippen molar-refractivity contribution in [3.8, 4) is 23.0 Å². The second-order valence-corrected chi connectivity index (χ2v) is 8.43. The van der Waals surface area contributed by atoms with Gasteiger partial charge in [-0.3, -0.25) is 9.59 Å². The molecule has 0 radical (unpaired) electrons. The van der Waals surface area contributed by atoms with Gasteiger partial charge in [0.05, 0.1) is 52.9 Å². The maximum Gasteiger partial charge on any atom is 0.234 e. The molecular formula is C25H26N2O7. The number of methoxy groups -OCH3 is 4. The summed E-state index contributed by atoms with van der Waals surface area (Å²) in [6.07, 6.45) is 3.32. The van der Waals surface area contributed by atoms with Crippen LogP contribution in [0.25, 0.3) is 0 Å². The molecule has 9 nitrogen and oxygen atoms in total. The van der Waals surface area contributed by atoms with Crippen molar-refractivity contribution in [2.75, 3.05) is 45.2 Å². The minimum atomic E-state index is -0.831. The Morgan fingerprint density at radius 2 is 1.79 bits per heavy atom. The maximum atomic E-state index is 13.6. The highest BCUT2D eigenvalue weighted by molar-refractivity contribution is 6.05. The number of hydrogen-bond acceptors (Lipinski definition) is 7. The molecule has 2 fully saturated rings. The third-order valence-electron chi connectivity index (χ3n) is 6.70. The summed E-state index contributed by atoms with van der Waals surface area (Å²) in [6, 6.07) is 10.6. The minimum Gasteiger partial charge on any atom is -0.497 e. The molecule has 1 spiro atoms. The van der Waals surface area contributed by atoms with E-state index in [9.17, 15) is 9.59 Å². The second kappa shape index (κ2) is 8.25. The smallest absolute Gasteiger partial charge is 0.234 e. The number of carbonyl (C=O) groups excluding carboxylic acids is 2. The van der Waals surface area contributed by atoms with Gasteiger partial charge in [0.1, 0.15) is 11.4 Å². The lowest BCUT2D eigenvalue weighted by Gasteiger charge is -2.24. The quantitative estimate of drug-likeness (QED) is 0.627. The Bertz CT molecular complexity index is 1150. The average Bonchev–Trinajstić information content (AvgIpc) is 3.51. The Labute approximate surface area is 197 Å². The Kier molecular flexibility index (Phi) is 5.36. The van der Waals surface area contributed by atoms with Crippen LogP contribution >= 0.6 is 0 Å². The molecular weight excluding hydrogens is 440 g/mol. The number of fused-ring (bicyclic) bond motifs is 1. The van der Waals surface area contributed by atoms with Gasteiger partial charge in [-0.1, -0.05) is 18.2 Å². The topological polar surface area (TPSA) is 95.6 Å². The van der Waals surface area contributed by atoms with Crippen LogP contribution < -0.4 is 29.2 Å². The van der Waals surface area contributed by atoms with Crippen LogP contribution in [0.3, 0.4) is 0 Å². The molecule has 2 saturated heterocycles. The fourth-order valence-corrected chi connectivity index (χ4v) is 5.17. The van der Waals surface area contributed by atoms with Gasteiger partial charge in [-0.25, -0.2) is 0 Å². The summed E-state index contributed by atoms with van der Waals surface area (Å²) in [5.74, 6) is 0.146. The van der Waals surface area contributed by atoms with Crippen LogP contribution in [0.5, 0.6) is 23.0 Å². The van der Waals surface area contributed by atoms with E-state index in [-0.39, 0.29) is 11.8 Å². The molecule has 0 aliphatic carbocycles. The molecule has 5 rings (SSSR count). The van der Waals surface area contributed by atoms with Crippen LogP contribution in [-0.2, 0) is 14.3 Å². The van der Waals surface area contributed by atoms with Crippen LogP contribution in [0.1, 0.15) is 0 Å². The van der Waals surface area contributed by atoms with E-state index < -0.39 is 23.5 Å². The van der Waals surface area contributed by atoms with Crippen molar-refractivity contribution < 1.29 is 33.3 Å². The number of benzene rings is 2. The predicted octanol–water partition coefficient (Wildman–Crippen LogP) is 2.65. The van der Waals surface area contributed by atoms with Gasteiger partial charge < -0.3 is 33.9 Å². The number of nitrogens with zero attached hydrogens (tertiary/aromatic N) is 1. The van der Waals surface area contributed by atoms with E-state index >= 15 is 0 Å². The number of carbonyl (C=O) groups is 2. The van der Waals surface area contributed by atoms with E-state index in [1.807, 2.05) is 30.4 Å². The van der Waals surface area contributed by atoms with Crippen molar-refractivity contribution in [2.24, 2.45) is 11.8 Å². The summed E-state index contributed by atoms with van der Waals surface area (Å²) < 4.78 is 27.6. The molecule has 2 amide bonds. The van der Waals surface area contributed by atoms with Gasteiger partial charge in [-0.2, -0.15) is 0 Å². The van der Waals surface area contributed by atoms with Gasteiger partial charge >= 0.3 is 0 Å². The molecule has 34 heavy (non-hydrogen) atoms. The first kappa shape index (κ1) is 22.1. The molecule has 1 N–H and O–H groups in total. The van der Waals surface area contributed by atoms with Crippen LogP contribution in [0.4, 0.5) is 11.4 Å². The predicted molar refractivity (Wildman–Crippen MR) is 124 cm³/mol. The van der Waals surface area contributed by atoms with Crippen LogP contribution in [0, 0.1) is 11.8 Å². The molecule has 2 bridgehead atoms. The zero-order valence-electron chi connectivity index (χ0n) is 19.4. The van der Waals surface area contributed by atoms with Gasteiger partial charge in [-0.05, 0) is 12.1 Å². The van der Waals surface area contributed by atoms with E-state index in [1.165, 1.54) is 21.3 Å². The molecule has 0 aromatic heterocycles. The molecule has 178 valence electrons. The number of amides is 2. The van der Waals surface area contributed by atoms with Crippen molar-refractivity contribution in [1.82, 2.24) is 0 Å². The van der Waals surface area contributed by atoms with Crippen molar-refractivity contribution >= 4 is 23.2 Å². The van der Waals surface area contributed by atoms with E-state index in [0.717, 1.165) is 0 Å². The summed E-state index contributed by atoms with van der Waals surface area (Å²) in [5.41, 5.74) is 0.343. The summed E-state index contributed by atoms with van der Waals surface area (Å²) in [7, 11) is 6.10. The number of ether oxygens (including phenoxy) is 5. The number of hydrogen-bond donors (Lipinski definition) is 1. The van der Waals surface area contributed by atoms with Crippen molar-refractivity contribution in [3.63, 3.8) is 0 Å². The number of nitrogens with one attached hydrogen (secondary N) is 1. The molecule has 2 aromatic rings. The second-order valence-electron chi connectivity index (χ2n) is 8.43. The Balaban J connectivity index is 1.43. The van der Waals surface area contributed by atoms with Gasteiger partial charge in [0.15, 0.2) is 11.5 Å². The molecule has 3 heterocycles. The SMILES string of the molecule is COc1cccc(N2C[C@@]34C=C[C@@H](O3)[C@@H](C(=O)Nc3cc(OC)c(OC)c(OC)c3)[C@@H]4C2=O)c1. The fraction of sp³-hybridized carbons (Fsp3) is 0.360. The minimum absolute atomic E-state index is 0.148. The van der Waals surface area contributed by atoms with Crippen LogP contribution in [0.2, 0.25) is 0 Å². The van der Waals surface area contributed by atoms with Crippen molar-refractivity contribution in [2.45, 2.75) is 11.7 Å². The monoisotopic (exact) mass is 466 g/mol. The molecule has 3 aliphatic rings. The number of anilines is 2. The fourth-order valence-electron chi connectivity index (χ4n) is 5.17. The van der Waals surface area contributed by atoms with Crippen molar-refractivity contribution in [1.29, 1.82) is 0 Å². The van der Waals surface area contributed by atoms with Crippen LogP contribution in [0.15, 0.2) is 48.6 Å². The van der Waals surface area contributed by atoms with Gasteiger partial charge in [0.2, 0.25) is 17.6 Å². The lowest BCUT2D eigenvalue weighted by atomic mass is 9.77. The number of rotatable bonds is 7. The molecule has 9 heteroatoms. The van der Waals surface area contributed by atoms with Crippen molar-refractivity contribution in [3.05, 3.63) is 48.6 Å². The molecule has 3 aliphatic heterocycles. The summed E-state index contributed by atoms with van der Waals surface area (Å²) in [6.45, 7) is 0.338. The highest BCUT2D eigenvalue weighted by Crippen LogP contribution is 2.53. The first-order valence-corrected chi connectivity index (χ1v) is 10.9. The molecule has 4 atom stereocenters. The van der Waals surface area contributed by atoms with Gasteiger partial charge in [-0.15, -0.1) is 0 Å². The summed E-state index contributed by atoms with van der Waals surface area (Å²) in [4.78, 5) is 28.7. The third-order valence-corrected chi connectivity index (χ3v) is 6.70. The van der Waals surface area contributed by atoms with E-state index in [2.05, 4.69) is 5.32 Å². The molecule has 0 saturated carbocycles. The maximum absolute atomic E-state index is 13.6. The Morgan fingerprint density at radius 1 is 1.06 bits per heavy atom. The summed E-state index contributed by atoms with van der Waals surface area (Å²) in [5, 5.41) is 2.91. The highest BCUT2D eigenvalue weighted by atomic mass is 16.5. The standard InChI is InChI=1S/C25H26N2O7/c1-30-16-7-5-6-15(12-16)27-13-25-9-8-17(34-25)20(21(25)24(27)29)23(28)26-14-10-18(31-2)22(33-4)19(11-14)32-3/h5-12,17,20-21H,13H2,1-4H3,(H,26,28)/t17-,20-,21-,25-/m1/s1. The third kappa shape index (κ3) is 3.27. The van der Waals surface area contributed by atoms with E-state index in [4.69, 9.17) is 23.7 Å². The van der Waals surface area contributed by atoms with Gasteiger partial charge in [0, 0.05) is 29.6 Å². The highest BCUT2D eigenvalue weighted by Gasteiger charge is 2.67. The zero-order valence-corrected chi connectivity index (χ0v) is 19.4. The lowest BCUT2D eigenvalue weighted by molar-refractivity contribution is -0.128. The Hall–Kier alpha value is -3.72. The van der Waals surface area contributed by atoms with Gasteiger partial charge in [0.25, 0.3) is 0 Å². The molecule has 0 unspecified atom stereocenters. The lowest BCUT2D eigenvalue weighted by Crippen LogP contribution is -2.41. The largest absolute Gasteiger partial charge is 0.497 e. The normalized spacial score (nSPS) is 26.4. The summed E-state index contributed by atoms with van der Waals surface area (Å²) >= 11 is 0. The zero-order chi connectivity index (χ0) is 24.0. The molecule has 2 aromatic carbocycles. The van der Waals surface area contributed by atoms with E-state index in [1.54, 1.807) is 30.2 Å². The first-order valence-electron chi connectivity index (χ1n) is 10.9. The average molecular weight is 466 g/mol. The first-order chi connectivity index (χ1) is 16.4.